The molecule has 2 aromatic rings. The van der Waals surface area contributed by atoms with E-state index in [0.717, 1.165) is 9.99 Å². The highest BCUT2D eigenvalue weighted by atomic mass is 32.2. The zero-order valence-electron chi connectivity index (χ0n) is 10.4. The first-order chi connectivity index (χ1) is 9.78. The predicted molar refractivity (Wildman–Crippen MR) is 75.2 cm³/mol. The quantitative estimate of drug-likeness (QED) is 0.676. The molecule has 0 radical (unpaired) electrons. The smallest absolute Gasteiger partial charge is 0.254 e. The van der Waals surface area contributed by atoms with E-state index in [1.54, 1.807) is 12.1 Å². The number of furan rings is 1. The van der Waals surface area contributed by atoms with Gasteiger partial charge in [0.1, 0.15) is 12.2 Å². The van der Waals surface area contributed by atoms with E-state index in [0.29, 0.717) is 5.76 Å². The molecule has 5 nitrogen and oxygen atoms in total. The Morgan fingerprint density at radius 3 is 2.90 bits per heavy atom. The van der Waals surface area contributed by atoms with Crippen molar-refractivity contribution in [1.29, 1.82) is 5.26 Å². The van der Waals surface area contributed by atoms with Gasteiger partial charge in [-0.2, -0.15) is 10.4 Å². The highest BCUT2D eigenvalue weighted by Gasteiger charge is 2.02. The van der Waals surface area contributed by atoms with Crippen molar-refractivity contribution >= 4 is 23.9 Å². The van der Waals surface area contributed by atoms with Gasteiger partial charge in [-0.15, -0.1) is 0 Å². The first-order valence-corrected chi connectivity index (χ1v) is 6.61. The Morgan fingerprint density at radius 1 is 1.35 bits per heavy atom. The number of nitrogens with one attached hydrogen (secondary N) is 1. The van der Waals surface area contributed by atoms with E-state index in [9.17, 15) is 4.79 Å². The number of benzene rings is 1. The number of hydrogen-bond acceptors (Lipinski definition) is 5. The highest BCUT2D eigenvalue weighted by molar-refractivity contribution is 7.99. The van der Waals surface area contributed by atoms with Crippen LogP contribution >= 0.6 is 11.8 Å². The van der Waals surface area contributed by atoms with Crippen LogP contribution in [-0.2, 0) is 4.79 Å². The number of amides is 1. The Kier molecular flexibility index (Phi) is 4.98. The second-order valence-corrected chi connectivity index (χ2v) is 4.78. The lowest BCUT2D eigenvalue weighted by atomic mass is 10.4. The number of rotatable bonds is 5. The number of carbonyl (C=O) groups is 1. The van der Waals surface area contributed by atoms with Crippen LogP contribution in [0.2, 0.25) is 0 Å². The average Bonchev–Trinajstić information content (AvgIpc) is 2.88. The van der Waals surface area contributed by atoms with Gasteiger partial charge in [0, 0.05) is 4.90 Å². The van der Waals surface area contributed by atoms with Gasteiger partial charge < -0.3 is 4.42 Å². The second-order valence-electron chi connectivity index (χ2n) is 3.70. The van der Waals surface area contributed by atoms with Crippen molar-refractivity contribution in [2.45, 2.75) is 16.4 Å². The maximum atomic E-state index is 11.0. The van der Waals surface area contributed by atoms with Crippen LogP contribution in [-0.4, -0.2) is 12.1 Å². The molecule has 0 saturated heterocycles. The molecule has 100 valence electrons. The topological polar surface area (TPSA) is 78.4 Å². The van der Waals surface area contributed by atoms with Crippen LogP contribution in [0, 0.1) is 11.3 Å². The van der Waals surface area contributed by atoms with Crippen LogP contribution in [0.5, 0.6) is 0 Å². The minimum Gasteiger partial charge on any atom is -0.448 e. The van der Waals surface area contributed by atoms with E-state index in [1.165, 1.54) is 18.0 Å². The normalized spacial score (nSPS) is 10.3. The Balaban J connectivity index is 1.91. The summed E-state index contributed by atoms with van der Waals surface area (Å²) >= 11 is 1.50. The van der Waals surface area contributed by atoms with Gasteiger partial charge in [-0.1, -0.05) is 30.0 Å². The summed E-state index contributed by atoms with van der Waals surface area (Å²) in [6.07, 6.45) is 1.18. The standard InChI is InChI=1S/C14H11N3O2S/c15-9-8-13(18)17-16-10-11-6-7-14(19-11)20-12-4-2-1-3-5-12/h1-7,10H,8H2,(H,17,18)/b16-10-. The fourth-order valence-corrected chi connectivity index (χ4v) is 2.14. The van der Waals surface area contributed by atoms with Crippen LogP contribution in [0.25, 0.3) is 0 Å². The van der Waals surface area contributed by atoms with E-state index in [1.807, 2.05) is 36.4 Å². The van der Waals surface area contributed by atoms with Crippen LogP contribution in [0.3, 0.4) is 0 Å². The molecule has 0 aliphatic carbocycles. The minimum atomic E-state index is -0.450. The molecule has 1 aromatic heterocycles. The number of carbonyl (C=O) groups excluding carboxylic acids is 1. The number of hydrazone groups is 1. The molecular weight excluding hydrogens is 274 g/mol. The summed E-state index contributed by atoms with van der Waals surface area (Å²) in [6, 6.07) is 15.2. The number of nitrogens with zero attached hydrogens (tertiary/aromatic N) is 2. The molecule has 1 N–H and O–H groups in total. The number of nitriles is 1. The minimum absolute atomic E-state index is 0.218. The summed E-state index contributed by atoms with van der Waals surface area (Å²) in [5, 5.41) is 12.8. The molecular formula is C14H11N3O2S. The monoisotopic (exact) mass is 285 g/mol. The Bertz CT molecular complexity index is 644. The third kappa shape index (κ3) is 4.30. The van der Waals surface area contributed by atoms with E-state index < -0.39 is 5.91 Å². The molecule has 1 amide bonds. The van der Waals surface area contributed by atoms with Crippen molar-refractivity contribution in [3.05, 3.63) is 48.2 Å². The molecule has 1 heterocycles. The molecule has 20 heavy (non-hydrogen) atoms. The van der Waals surface area contributed by atoms with Crippen molar-refractivity contribution in [3.8, 4) is 6.07 Å². The van der Waals surface area contributed by atoms with Gasteiger partial charge in [0.15, 0.2) is 5.09 Å². The van der Waals surface area contributed by atoms with Crippen LogP contribution in [0.1, 0.15) is 12.2 Å². The highest BCUT2D eigenvalue weighted by Crippen LogP contribution is 2.28. The zero-order chi connectivity index (χ0) is 14.2. The van der Waals surface area contributed by atoms with Gasteiger partial charge in [-0.3, -0.25) is 4.79 Å². The Hall–Kier alpha value is -2.52. The molecule has 0 spiro atoms. The molecule has 6 heteroatoms. The number of hydrogen-bond donors (Lipinski definition) is 1. The van der Waals surface area contributed by atoms with Crippen molar-refractivity contribution in [2.24, 2.45) is 5.10 Å². The first-order valence-electron chi connectivity index (χ1n) is 5.79. The molecule has 0 aliphatic rings. The lowest BCUT2D eigenvalue weighted by molar-refractivity contribution is -0.120. The van der Waals surface area contributed by atoms with Crippen molar-refractivity contribution < 1.29 is 9.21 Å². The van der Waals surface area contributed by atoms with Crippen molar-refractivity contribution in [1.82, 2.24) is 5.43 Å². The summed E-state index contributed by atoms with van der Waals surface area (Å²) < 4.78 is 5.53. The molecule has 0 unspecified atom stereocenters. The zero-order valence-corrected chi connectivity index (χ0v) is 11.3. The predicted octanol–water partition coefficient (Wildman–Crippen LogP) is 2.79. The molecule has 0 saturated carbocycles. The molecule has 0 atom stereocenters. The van der Waals surface area contributed by atoms with Gasteiger partial charge >= 0.3 is 0 Å². The summed E-state index contributed by atoms with van der Waals surface area (Å²) in [7, 11) is 0. The maximum Gasteiger partial charge on any atom is 0.254 e. The molecule has 1 aromatic carbocycles. The van der Waals surface area contributed by atoms with Crippen LogP contribution in [0.15, 0.2) is 62.0 Å². The molecule has 2 rings (SSSR count). The lowest BCUT2D eigenvalue weighted by Crippen LogP contribution is -2.15. The maximum absolute atomic E-state index is 11.0. The first kappa shape index (κ1) is 13.9. The van der Waals surface area contributed by atoms with E-state index in [2.05, 4.69) is 10.5 Å². The fraction of sp³-hybridized carbons (Fsp3) is 0.0714. The summed E-state index contributed by atoms with van der Waals surface area (Å²) in [5.41, 5.74) is 2.23. The van der Waals surface area contributed by atoms with Crippen molar-refractivity contribution in [2.75, 3.05) is 0 Å². The summed E-state index contributed by atoms with van der Waals surface area (Å²) in [4.78, 5) is 12.1. The van der Waals surface area contributed by atoms with Gasteiger partial charge in [0.05, 0.1) is 12.3 Å². The van der Waals surface area contributed by atoms with Crippen LogP contribution < -0.4 is 5.43 Å². The molecule has 0 bridgehead atoms. The van der Waals surface area contributed by atoms with Gasteiger partial charge in [0.25, 0.3) is 5.91 Å². The average molecular weight is 285 g/mol. The van der Waals surface area contributed by atoms with Gasteiger partial charge in [-0.05, 0) is 24.3 Å². The van der Waals surface area contributed by atoms with Crippen molar-refractivity contribution in [3.63, 3.8) is 0 Å². The fourth-order valence-electron chi connectivity index (χ4n) is 1.34. The Morgan fingerprint density at radius 2 is 2.15 bits per heavy atom. The molecule has 0 fully saturated rings. The van der Waals surface area contributed by atoms with E-state index >= 15 is 0 Å². The van der Waals surface area contributed by atoms with E-state index in [4.69, 9.17) is 9.68 Å². The van der Waals surface area contributed by atoms with Crippen LogP contribution in [0.4, 0.5) is 0 Å². The third-order valence-corrected chi connectivity index (χ3v) is 3.11. The summed E-state index contributed by atoms with van der Waals surface area (Å²) in [6.45, 7) is 0. The van der Waals surface area contributed by atoms with Gasteiger partial charge in [0.2, 0.25) is 0 Å². The van der Waals surface area contributed by atoms with Gasteiger partial charge in [-0.25, -0.2) is 5.43 Å². The third-order valence-electron chi connectivity index (χ3n) is 2.18. The second kappa shape index (κ2) is 7.16. The van der Waals surface area contributed by atoms with E-state index in [-0.39, 0.29) is 6.42 Å². The largest absolute Gasteiger partial charge is 0.448 e. The molecule has 0 aliphatic heterocycles. The Labute approximate surface area is 120 Å². The summed E-state index contributed by atoms with van der Waals surface area (Å²) in [5.74, 6) is 0.0786. The SMILES string of the molecule is N#CCC(=O)N/N=C\c1ccc(Sc2ccccc2)o1. The lowest BCUT2D eigenvalue weighted by Gasteiger charge is -1.96.